The standard InChI is InChI=1S/C9H10N2O2/c12-9(13)8-7-5-10-3-1-6(7)2-4-11-8/h1,3,5,8,11H,2,4H2,(H,12,13). The van der Waals surface area contributed by atoms with Crippen LogP contribution in [0.2, 0.25) is 0 Å². The molecule has 13 heavy (non-hydrogen) atoms. The summed E-state index contributed by atoms with van der Waals surface area (Å²) in [5.41, 5.74) is 1.88. The van der Waals surface area contributed by atoms with E-state index in [1.165, 1.54) is 0 Å². The molecule has 0 spiro atoms. The fourth-order valence-corrected chi connectivity index (χ4v) is 1.60. The number of nitrogens with one attached hydrogen (secondary N) is 1. The maximum atomic E-state index is 10.8. The number of rotatable bonds is 1. The van der Waals surface area contributed by atoms with Crippen LogP contribution < -0.4 is 5.32 Å². The summed E-state index contributed by atoms with van der Waals surface area (Å²) in [5, 5.41) is 11.8. The zero-order valence-electron chi connectivity index (χ0n) is 7.03. The second-order valence-corrected chi connectivity index (χ2v) is 3.05. The normalized spacial score (nSPS) is 20.8. The van der Waals surface area contributed by atoms with Gasteiger partial charge in [0.05, 0.1) is 0 Å². The Hall–Kier alpha value is -1.42. The number of aromatic nitrogens is 1. The highest BCUT2D eigenvalue weighted by molar-refractivity contribution is 5.76. The van der Waals surface area contributed by atoms with Crippen LogP contribution in [-0.2, 0) is 11.2 Å². The molecule has 0 bridgehead atoms. The zero-order chi connectivity index (χ0) is 9.26. The van der Waals surface area contributed by atoms with Gasteiger partial charge in [0.25, 0.3) is 0 Å². The molecule has 2 N–H and O–H groups in total. The van der Waals surface area contributed by atoms with Gasteiger partial charge in [0, 0.05) is 24.5 Å². The summed E-state index contributed by atoms with van der Waals surface area (Å²) in [5.74, 6) is -0.839. The summed E-state index contributed by atoms with van der Waals surface area (Å²) in [6.45, 7) is 0.716. The van der Waals surface area contributed by atoms with Crippen molar-refractivity contribution in [3.8, 4) is 0 Å². The Labute approximate surface area is 75.6 Å². The minimum absolute atomic E-state index is 0.586. The molecule has 1 aromatic rings. The van der Waals surface area contributed by atoms with Crippen LogP contribution in [0.1, 0.15) is 17.2 Å². The molecule has 1 aliphatic heterocycles. The van der Waals surface area contributed by atoms with Gasteiger partial charge in [0.1, 0.15) is 6.04 Å². The summed E-state index contributed by atoms with van der Waals surface area (Å²) in [4.78, 5) is 14.8. The van der Waals surface area contributed by atoms with Gasteiger partial charge in [0.2, 0.25) is 0 Å². The molecule has 0 aliphatic carbocycles. The largest absolute Gasteiger partial charge is 0.480 e. The molecule has 4 heteroatoms. The quantitative estimate of drug-likeness (QED) is 0.651. The molecule has 1 aliphatic rings. The Morgan fingerprint density at radius 3 is 3.31 bits per heavy atom. The number of fused-ring (bicyclic) bond motifs is 1. The molecule has 1 aromatic heterocycles. The van der Waals surface area contributed by atoms with Crippen LogP contribution >= 0.6 is 0 Å². The van der Waals surface area contributed by atoms with Crippen LogP contribution in [0.15, 0.2) is 18.5 Å². The summed E-state index contributed by atoms with van der Waals surface area (Å²) in [7, 11) is 0. The first-order valence-corrected chi connectivity index (χ1v) is 4.18. The highest BCUT2D eigenvalue weighted by Gasteiger charge is 2.25. The molecule has 0 aromatic carbocycles. The van der Waals surface area contributed by atoms with Crippen molar-refractivity contribution in [3.63, 3.8) is 0 Å². The topological polar surface area (TPSA) is 62.2 Å². The summed E-state index contributed by atoms with van der Waals surface area (Å²) < 4.78 is 0. The molecule has 68 valence electrons. The molecule has 0 saturated heterocycles. The van der Waals surface area contributed by atoms with Gasteiger partial charge in [0.15, 0.2) is 0 Å². The van der Waals surface area contributed by atoms with Gasteiger partial charge in [-0.15, -0.1) is 0 Å². The highest BCUT2D eigenvalue weighted by atomic mass is 16.4. The van der Waals surface area contributed by atoms with Crippen molar-refractivity contribution in [2.75, 3.05) is 6.54 Å². The molecule has 0 fully saturated rings. The van der Waals surface area contributed by atoms with Crippen molar-refractivity contribution in [3.05, 3.63) is 29.6 Å². The Balaban J connectivity index is 2.42. The smallest absolute Gasteiger partial charge is 0.325 e. The molecule has 1 atom stereocenters. The average Bonchev–Trinajstić information content (AvgIpc) is 2.17. The minimum Gasteiger partial charge on any atom is -0.480 e. The predicted octanol–water partition coefficient (Wildman–Crippen LogP) is 0.353. The third kappa shape index (κ3) is 1.40. The molecule has 4 nitrogen and oxygen atoms in total. The summed E-state index contributed by atoms with van der Waals surface area (Å²) >= 11 is 0. The van der Waals surface area contributed by atoms with Crippen LogP contribution in [0.5, 0.6) is 0 Å². The van der Waals surface area contributed by atoms with Crippen molar-refractivity contribution in [2.45, 2.75) is 12.5 Å². The maximum absolute atomic E-state index is 10.8. The van der Waals surface area contributed by atoms with E-state index in [0.717, 1.165) is 17.5 Å². The molecule has 2 heterocycles. The van der Waals surface area contributed by atoms with Gasteiger partial charge < -0.3 is 10.4 Å². The third-order valence-corrected chi connectivity index (χ3v) is 2.25. The number of carboxylic acids is 1. The first kappa shape index (κ1) is 8.19. The van der Waals surface area contributed by atoms with E-state index in [1.807, 2.05) is 6.07 Å². The zero-order valence-corrected chi connectivity index (χ0v) is 7.03. The third-order valence-electron chi connectivity index (χ3n) is 2.25. The lowest BCUT2D eigenvalue weighted by atomic mass is 9.97. The number of carbonyl (C=O) groups is 1. The van der Waals surface area contributed by atoms with E-state index in [9.17, 15) is 4.79 Å². The second kappa shape index (κ2) is 3.14. The van der Waals surface area contributed by atoms with Crippen LogP contribution in [0.3, 0.4) is 0 Å². The van der Waals surface area contributed by atoms with Crippen molar-refractivity contribution >= 4 is 5.97 Å². The SMILES string of the molecule is O=C(O)C1NCCc2ccncc21. The molecule has 0 saturated carbocycles. The van der Waals surface area contributed by atoms with Gasteiger partial charge >= 0.3 is 5.97 Å². The van der Waals surface area contributed by atoms with Crippen LogP contribution in [-0.4, -0.2) is 22.6 Å². The highest BCUT2D eigenvalue weighted by Crippen LogP contribution is 2.21. The van der Waals surface area contributed by atoms with Gasteiger partial charge in [-0.2, -0.15) is 0 Å². The predicted molar refractivity (Wildman–Crippen MR) is 46.3 cm³/mol. The van der Waals surface area contributed by atoms with E-state index in [-0.39, 0.29) is 0 Å². The monoisotopic (exact) mass is 178 g/mol. The van der Waals surface area contributed by atoms with Crippen LogP contribution in [0.4, 0.5) is 0 Å². The van der Waals surface area contributed by atoms with Gasteiger partial charge in [-0.3, -0.25) is 9.78 Å². The summed E-state index contributed by atoms with van der Waals surface area (Å²) in [6.07, 6.45) is 4.20. The molecular weight excluding hydrogens is 168 g/mol. The fourth-order valence-electron chi connectivity index (χ4n) is 1.60. The van der Waals surface area contributed by atoms with Crippen LogP contribution in [0, 0.1) is 0 Å². The lowest BCUT2D eigenvalue weighted by Crippen LogP contribution is -2.35. The van der Waals surface area contributed by atoms with E-state index in [0.29, 0.717) is 6.54 Å². The first-order valence-electron chi connectivity index (χ1n) is 4.18. The maximum Gasteiger partial charge on any atom is 0.325 e. The second-order valence-electron chi connectivity index (χ2n) is 3.05. The number of hydrogen-bond acceptors (Lipinski definition) is 3. The minimum atomic E-state index is -0.839. The number of carboxylic acid groups (broad SMARTS) is 1. The van der Waals surface area contributed by atoms with E-state index in [4.69, 9.17) is 5.11 Å². The Morgan fingerprint density at radius 2 is 2.54 bits per heavy atom. The van der Waals surface area contributed by atoms with E-state index < -0.39 is 12.0 Å². The molecular formula is C9H10N2O2. The van der Waals surface area contributed by atoms with Gasteiger partial charge in [-0.25, -0.2) is 0 Å². The molecule has 0 amide bonds. The lowest BCUT2D eigenvalue weighted by Gasteiger charge is -2.22. The Morgan fingerprint density at radius 1 is 1.69 bits per heavy atom. The molecule has 2 rings (SSSR count). The van der Waals surface area contributed by atoms with E-state index >= 15 is 0 Å². The van der Waals surface area contributed by atoms with E-state index in [2.05, 4.69) is 10.3 Å². The number of aliphatic carboxylic acids is 1. The van der Waals surface area contributed by atoms with Crippen molar-refractivity contribution in [1.82, 2.24) is 10.3 Å². The lowest BCUT2D eigenvalue weighted by molar-refractivity contribution is -0.139. The van der Waals surface area contributed by atoms with Crippen molar-refractivity contribution < 1.29 is 9.90 Å². The Bertz CT molecular complexity index is 338. The first-order chi connectivity index (χ1) is 6.29. The van der Waals surface area contributed by atoms with Crippen LogP contribution in [0.25, 0.3) is 0 Å². The van der Waals surface area contributed by atoms with Gasteiger partial charge in [-0.1, -0.05) is 0 Å². The number of pyridine rings is 1. The van der Waals surface area contributed by atoms with Crippen molar-refractivity contribution in [2.24, 2.45) is 0 Å². The molecule has 1 unspecified atom stereocenters. The number of nitrogens with zero attached hydrogens (tertiary/aromatic N) is 1. The number of hydrogen-bond donors (Lipinski definition) is 2. The van der Waals surface area contributed by atoms with Crippen molar-refractivity contribution in [1.29, 1.82) is 0 Å². The summed E-state index contributed by atoms with van der Waals surface area (Å²) in [6, 6.07) is 1.30. The Kier molecular flexibility index (Phi) is 1.98. The van der Waals surface area contributed by atoms with Gasteiger partial charge in [-0.05, 0) is 18.1 Å². The molecule has 0 radical (unpaired) electrons. The fraction of sp³-hybridized carbons (Fsp3) is 0.333. The van der Waals surface area contributed by atoms with E-state index in [1.54, 1.807) is 12.4 Å². The average molecular weight is 178 g/mol.